The quantitative estimate of drug-likeness (QED) is 0.896. The van der Waals surface area contributed by atoms with Gasteiger partial charge in [0.05, 0.1) is 17.7 Å². The largest absolute Gasteiger partial charge is 0.492 e. The minimum atomic E-state index is 0.695. The Morgan fingerprint density at radius 3 is 3.05 bits per heavy atom. The number of ether oxygens (including phenoxy) is 1. The molecule has 3 heteroatoms. The Bertz CT molecular complexity index is 855. The van der Waals surface area contributed by atoms with Gasteiger partial charge in [-0.1, -0.05) is 24.3 Å². The van der Waals surface area contributed by atoms with Crippen molar-refractivity contribution in [3.8, 4) is 0 Å². The van der Waals surface area contributed by atoms with Crippen LogP contribution in [0.5, 0.6) is 0 Å². The molecule has 1 aromatic heterocycles. The van der Waals surface area contributed by atoms with Gasteiger partial charge in [-0.2, -0.15) is 0 Å². The highest BCUT2D eigenvalue weighted by molar-refractivity contribution is 5.83. The average Bonchev–Trinajstić information content (AvgIpc) is 2.86. The highest BCUT2D eigenvalue weighted by atomic mass is 16.5. The Balaban J connectivity index is 1.95. The van der Waals surface area contributed by atoms with Gasteiger partial charge in [-0.15, -0.1) is 0 Å². The van der Waals surface area contributed by atoms with E-state index in [0.717, 1.165) is 12.3 Å². The molecule has 2 aliphatic heterocycles. The van der Waals surface area contributed by atoms with Crippen LogP contribution in [0.25, 0.3) is 22.7 Å². The lowest BCUT2D eigenvalue weighted by Crippen LogP contribution is -2.37. The molecule has 3 nitrogen and oxygen atoms in total. The third kappa shape index (κ3) is 1.59. The third-order valence-corrected chi connectivity index (χ3v) is 3.80. The highest BCUT2D eigenvalue weighted by Crippen LogP contribution is 2.19. The fourth-order valence-corrected chi connectivity index (χ4v) is 2.92. The van der Waals surface area contributed by atoms with E-state index < -0.39 is 0 Å². The number of H-pyrrole nitrogens is 1. The minimum Gasteiger partial charge on any atom is -0.492 e. The molecule has 0 radical (unpaired) electrons. The van der Waals surface area contributed by atoms with E-state index in [1.54, 1.807) is 0 Å². The summed E-state index contributed by atoms with van der Waals surface area (Å²) in [5, 5.41) is 3.80. The standard InChI is InChI=1S/C17H16N2O/c1-2-20-12-7-8-16-17-14(9-10-19(16)11-12)13-5-3-4-6-15(13)18-17/h3-9,11,18H,2,10H2,1H3. The van der Waals surface area contributed by atoms with Crippen molar-refractivity contribution in [3.05, 3.63) is 58.9 Å². The van der Waals surface area contributed by atoms with Gasteiger partial charge in [0.15, 0.2) is 0 Å². The zero-order chi connectivity index (χ0) is 13.5. The molecule has 0 amide bonds. The van der Waals surface area contributed by atoms with Crippen LogP contribution in [0.4, 0.5) is 0 Å². The molecule has 100 valence electrons. The first-order valence-electron chi connectivity index (χ1n) is 6.97. The van der Waals surface area contributed by atoms with Gasteiger partial charge >= 0.3 is 0 Å². The van der Waals surface area contributed by atoms with Crippen molar-refractivity contribution in [2.45, 2.75) is 6.92 Å². The van der Waals surface area contributed by atoms with Crippen LogP contribution in [-0.2, 0) is 4.74 Å². The number of rotatable bonds is 2. The van der Waals surface area contributed by atoms with Crippen molar-refractivity contribution >= 4 is 22.7 Å². The van der Waals surface area contributed by atoms with Gasteiger partial charge in [0.25, 0.3) is 0 Å². The van der Waals surface area contributed by atoms with Crippen LogP contribution in [0, 0.1) is 0 Å². The maximum absolute atomic E-state index is 5.57. The molecule has 0 saturated heterocycles. The number of nitrogens with zero attached hydrogens (tertiary/aromatic N) is 1. The molecule has 0 saturated carbocycles. The molecule has 20 heavy (non-hydrogen) atoms. The van der Waals surface area contributed by atoms with E-state index in [1.807, 2.05) is 13.0 Å². The lowest BCUT2D eigenvalue weighted by Gasteiger charge is -2.26. The highest BCUT2D eigenvalue weighted by Gasteiger charge is 2.16. The summed E-state index contributed by atoms with van der Waals surface area (Å²) in [6.45, 7) is 3.58. The molecule has 0 spiro atoms. The summed E-state index contributed by atoms with van der Waals surface area (Å²) in [6, 6.07) is 8.45. The van der Waals surface area contributed by atoms with Crippen molar-refractivity contribution in [3.63, 3.8) is 0 Å². The summed E-state index contributed by atoms with van der Waals surface area (Å²) in [4.78, 5) is 5.76. The van der Waals surface area contributed by atoms with Crippen molar-refractivity contribution in [2.24, 2.45) is 0 Å². The summed E-state index contributed by atoms with van der Waals surface area (Å²) in [5.41, 5.74) is 2.40. The number of allylic oxidation sites excluding steroid dienone is 1. The number of hydrogen-bond donors (Lipinski definition) is 1. The minimum absolute atomic E-state index is 0.695. The monoisotopic (exact) mass is 264 g/mol. The van der Waals surface area contributed by atoms with Crippen LogP contribution in [0.3, 0.4) is 0 Å². The molecule has 1 N–H and O–H groups in total. The average molecular weight is 264 g/mol. The number of benzene rings is 1. The van der Waals surface area contributed by atoms with Gasteiger partial charge in [0.1, 0.15) is 5.76 Å². The topological polar surface area (TPSA) is 28.3 Å². The van der Waals surface area contributed by atoms with E-state index in [9.17, 15) is 0 Å². The Morgan fingerprint density at radius 2 is 2.15 bits per heavy atom. The second kappa shape index (κ2) is 4.30. The van der Waals surface area contributed by atoms with Gasteiger partial charge < -0.3 is 14.6 Å². The van der Waals surface area contributed by atoms with E-state index >= 15 is 0 Å². The Morgan fingerprint density at radius 1 is 1.25 bits per heavy atom. The van der Waals surface area contributed by atoms with E-state index in [1.165, 1.54) is 27.2 Å². The van der Waals surface area contributed by atoms with E-state index in [-0.39, 0.29) is 0 Å². The summed E-state index contributed by atoms with van der Waals surface area (Å²) in [7, 11) is 0. The van der Waals surface area contributed by atoms with Crippen LogP contribution >= 0.6 is 0 Å². The number of hydrogen-bond acceptors (Lipinski definition) is 2. The molecule has 3 heterocycles. The number of aromatic amines is 1. The number of para-hydroxylation sites is 1. The lowest BCUT2D eigenvalue weighted by molar-refractivity contribution is 0.235. The van der Waals surface area contributed by atoms with Gasteiger partial charge in [0.2, 0.25) is 0 Å². The molecule has 0 aliphatic carbocycles. The first-order valence-corrected chi connectivity index (χ1v) is 6.97. The second-order valence-corrected chi connectivity index (χ2v) is 5.00. The molecule has 0 fully saturated rings. The summed E-state index contributed by atoms with van der Waals surface area (Å²) >= 11 is 0. The molecular formula is C17H16N2O. The smallest absolute Gasteiger partial charge is 0.135 e. The van der Waals surface area contributed by atoms with Gasteiger partial charge in [-0.05, 0) is 25.1 Å². The van der Waals surface area contributed by atoms with Crippen molar-refractivity contribution in [2.75, 3.05) is 13.2 Å². The SMILES string of the molecule is CCOC1=CN2CC=c3c([nH]c4ccccc34)=C2C=C1. The van der Waals surface area contributed by atoms with Crippen LogP contribution in [-0.4, -0.2) is 23.0 Å². The number of aromatic nitrogens is 1. The summed E-state index contributed by atoms with van der Waals surface area (Å²) in [5.74, 6) is 0.921. The molecule has 4 rings (SSSR count). The van der Waals surface area contributed by atoms with Crippen molar-refractivity contribution in [1.29, 1.82) is 0 Å². The van der Waals surface area contributed by atoms with Crippen LogP contribution < -0.4 is 10.6 Å². The maximum atomic E-state index is 5.57. The Labute approximate surface area is 117 Å². The Kier molecular flexibility index (Phi) is 2.46. The van der Waals surface area contributed by atoms with Crippen molar-refractivity contribution < 1.29 is 4.74 Å². The summed E-state index contributed by atoms with van der Waals surface area (Å²) < 4.78 is 5.57. The van der Waals surface area contributed by atoms with E-state index in [2.05, 4.69) is 52.5 Å². The Hall–Kier alpha value is -2.42. The number of fused-ring (bicyclic) bond motifs is 4. The molecule has 2 aliphatic rings. The molecule has 2 aromatic rings. The molecular weight excluding hydrogens is 248 g/mol. The number of nitrogens with one attached hydrogen (secondary N) is 1. The predicted molar refractivity (Wildman–Crippen MR) is 81.0 cm³/mol. The first-order chi connectivity index (χ1) is 9.86. The fourth-order valence-electron chi connectivity index (χ4n) is 2.92. The molecule has 0 unspecified atom stereocenters. The van der Waals surface area contributed by atoms with E-state index in [0.29, 0.717) is 6.61 Å². The first kappa shape index (κ1) is 11.4. The van der Waals surface area contributed by atoms with E-state index in [4.69, 9.17) is 4.74 Å². The van der Waals surface area contributed by atoms with Gasteiger partial charge in [-0.25, -0.2) is 0 Å². The molecule has 0 atom stereocenters. The zero-order valence-corrected chi connectivity index (χ0v) is 11.4. The van der Waals surface area contributed by atoms with Gasteiger partial charge in [0, 0.05) is 28.9 Å². The van der Waals surface area contributed by atoms with Crippen LogP contribution in [0.1, 0.15) is 6.92 Å². The molecule has 1 aromatic carbocycles. The normalized spacial score (nSPS) is 16.6. The third-order valence-electron chi connectivity index (χ3n) is 3.80. The zero-order valence-electron chi connectivity index (χ0n) is 11.4. The molecule has 0 bridgehead atoms. The van der Waals surface area contributed by atoms with Crippen molar-refractivity contribution in [1.82, 2.24) is 9.88 Å². The van der Waals surface area contributed by atoms with Crippen LogP contribution in [0.15, 0.2) is 48.4 Å². The van der Waals surface area contributed by atoms with Crippen LogP contribution in [0.2, 0.25) is 0 Å². The fraction of sp³-hybridized carbons (Fsp3) is 0.176. The summed E-state index contributed by atoms with van der Waals surface area (Å²) in [6.07, 6.45) is 8.52. The maximum Gasteiger partial charge on any atom is 0.135 e. The van der Waals surface area contributed by atoms with Gasteiger partial charge in [-0.3, -0.25) is 0 Å². The lowest BCUT2D eigenvalue weighted by atomic mass is 10.1. The second-order valence-electron chi connectivity index (χ2n) is 5.00. The predicted octanol–water partition coefficient (Wildman–Crippen LogP) is 1.82.